The molecule has 0 aliphatic carbocycles. The van der Waals surface area contributed by atoms with Crippen LogP contribution in [0.5, 0.6) is 0 Å². The third kappa shape index (κ3) is 6.75. The maximum absolute atomic E-state index is 12.7. The van der Waals surface area contributed by atoms with Crippen molar-refractivity contribution < 1.29 is 23.9 Å². The molecule has 3 amide bonds. The van der Waals surface area contributed by atoms with E-state index < -0.39 is 12.0 Å². The Hall–Kier alpha value is -3.10. The number of anilines is 2. The van der Waals surface area contributed by atoms with Crippen molar-refractivity contribution >= 4 is 35.1 Å². The Morgan fingerprint density at radius 2 is 1.87 bits per heavy atom. The molecular formula is C21H30N4O5. The summed E-state index contributed by atoms with van der Waals surface area (Å²) in [6, 6.07) is 6.13. The summed E-state index contributed by atoms with van der Waals surface area (Å²) in [5.74, 6) is -1.32. The molecule has 1 fully saturated rings. The first-order chi connectivity index (χ1) is 14.3. The molecule has 0 bridgehead atoms. The smallest absolute Gasteiger partial charge is 0.308 e. The first-order valence-corrected chi connectivity index (χ1v) is 10.2. The second-order valence-corrected chi connectivity index (χ2v) is 7.39. The lowest BCUT2D eigenvalue weighted by molar-refractivity contribution is -0.151. The standard InChI is InChI=1S/C21H30N4O5/c1-4-11-30-19(27)12-17-21(29)22-9-10-25(17)18(26)13-23-15-5-7-16(8-6-15)24-20(28)14(2)3/h5-8,14,17,23H,4,9-13H2,1-3H3,(H,22,29)(H,24,28). The molecule has 1 aliphatic heterocycles. The molecule has 1 aromatic rings. The van der Waals surface area contributed by atoms with Crippen molar-refractivity contribution in [3.63, 3.8) is 0 Å². The van der Waals surface area contributed by atoms with Gasteiger partial charge in [-0.3, -0.25) is 19.2 Å². The number of piperazine rings is 1. The molecule has 1 aromatic carbocycles. The van der Waals surface area contributed by atoms with Gasteiger partial charge >= 0.3 is 5.97 Å². The van der Waals surface area contributed by atoms with E-state index >= 15 is 0 Å². The molecule has 1 aliphatic rings. The minimum atomic E-state index is -0.869. The summed E-state index contributed by atoms with van der Waals surface area (Å²) in [5, 5.41) is 8.50. The van der Waals surface area contributed by atoms with Crippen molar-refractivity contribution in [3.8, 4) is 0 Å². The van der Waals surface area contributed by atoms with Crippen LogP contribution in [0.2, 0.25) is 0 Å². The highest BCUT2D eigenvalue weighted by Crippen LogP contribution is 2.15. The van der Waals surface area contributed by atoms with Crippen LogP contribution in [0.3, 0.4) is 0 Å². The third-order valence-corrected chi connectivity index (χ3v) is 4.60. The first kappa shape index (κ1) is 23.2. The van der Waals surface area contributed by atoms with Crippen LogP contribution in [-0.4, -0.2) is 60.9 Å². The van der Waals surface area contributed by atoms with Crippen LogP contribution in [0.4, 0.5) is 11.4 Å². The van der Waals surface area contributed by atoms with Gasteiger partial charge in [0, 0.05) is 30.4 Å². The molecule has 1 unspecified atom stereocenters. The minimum Gasteiger partial charge on any atom is -0.466 e. The second-order valence-electron chi connectivity index (χ2n) is 7.39. The maximum atomic E-state index is 12.7. The summed E-state index contributed by atoms with van der Waals surface area (Å²) < 4.78 is 5.05. The van der Waals surface area contributed by atoms with Gasteiger partial charge in [-0.1, -0.05) is 20.8 Å². The largest absolute Gasteiger partial charge is 0.466 e. The lowest BCUT2D eigenvalue weighted by Gasteiger charge is -2.34. The predicted octanol–water partition coefficient (Wildman–Crippen LogP) is 1.36. The molecule has 0 radical (unpaired) electrons. The third-order valence-electron chi connectivity index (χ3n) is 4.60. The van der Waals surface area contributed by atoms with Gasteiger partial charge < -0.3 is 25.6 Å². The topological polar surface area (TPSA) is 117 Å². The monoisotopic (exact) mass is 418 g/mol. The summed E-state index contributed by atoms with van der Waals surface area (Å²) in [7, 11) is 0. The van der Waals surface area contributed by atoms with Crippen LogP contribution in [0, 0.1) is 5.92 Å². The van der Waals surface area contributed by atoms with Crippen molar-refractivity contribution in [2.75, 3.05) is 36.9 Å². The highest BCUT2D eigenvalue weighted by atomic mass is 16.5. The van der Waals surface area contributed by atoms with Crippen LogP contribution in [0.15, 0.2) is 24.3 Å². The van der Waals surface area contributed by atoms with E-state index in [1.54, 1.807) is 24.3 Å². The Labute approximate surface area is 176 Å². The van der Waals surface area contributed by atoms with Crippen LogP contribution >= 0.6 is 0 Å². The van der Waals surface area contributed by atoms with Crippen molar-refractivity contribution in [2.24, 2.45) is 5.92 Å². The van der Waals surface area contributed by atoms with Crippen LogP contribution in [0.25, 0.3) is 0 Å². The number of amides is 3. The number of nitrogens with one attached hydrogen (secondary N) is 3. The molecule has 9 nitrogen and oxygen atoms in total. The number of nitrogens with zero attached hydrogens (tertiary/aromatic N) is 1. The summed E-state index contributed by atoms with van der Waals surface area (Å²) in [5.41, 5.74) is 1.37. The fourth-order valence-electron chi connectivity index (χ4n) is 2.89. The Balaban J connectivity index is 1.92. The second kappa shape index (κ2) is 11.2. The summed E-state index contributed by atoms with van der Waals surface area (Å²) in [6.07, 6.45) is 0.525. The number of carbonyl (C=O) groups is 4. The number of hydrogen-bond acceptors (Lipinski definition) is 6. The number of rotatable bonds is 9. The van der Waals surface area contributed by atoms with Gasteiger partial charge in [0.1, 0.15) is 6.04 Å². The van der Waals surface area contributed by atoms with E-state index in [2.05, 4.69) is 16.0 Å². The van der Waals surface area contributed by atoms with Crippen molar-refractivity contribution in [1.29, 1.82) is 0 Å². The number of ether oxygens (including phenoxy) is 1. The minimum absolute atomic E-state index is 0.0223. The fraction of sp³-hybridized carbons (Fsp3) is 0.524. The molecular weight excluding hydrogens is 388 g/mol. The number of esters is 1. The molecule has 3 N–H and O–H groups in total. The van der Waals surface area contributed by atoms with Gasteiger partial charge in [0.2, 0.25) is 17.7 Å². The van der Waals surface area contributed by atoms with Crippen molar-refractivity contribution in [2.45, 2.75) is 39.7 Å². The zero-order valence-electron chi connectivity index (χ0n) is 17.7. The van der Waals surface area contributed by atoms with E-state index in [1.807, 2.05) is 20.8 Å². The fourth-order valence-corrected chi connectivity index (χ4v) is 2.89. The van der Waals surface area contributed by atoms with Crippen LogP contribution < -0.4 is 16.0 Å². The normalized spacial score (nSPS) is 16.1. The summed E-state index contributed by atoms with van der Waals surface area (Å²) >= 11 is 0. The zero-order chi connectivity index (χ0) is 22.1. The van der Waals surface area contributed by atoms with E-state index in [4.69, 9.17) is 4.74 Å². The molecule has 0 aromatic heterocycles. The van der Waals surface area contributed by atoms with Crippen molar-refractivity contribution in [3.05, 3.63) is 24.3 Å². The molecule has 30 heavy (non-hydrogen) atoms. The van der Waals surface area contributed by atoms with Gasteiger partial charge in [-0.2, -0.15) is 0 Å². The van der Waals surface area contributed by atoms with Gasteiger partial charge in [0.05, 0.1) is 19.6 Å². The molecule has 0 spiro atoms. The number of carbonyl (C=O) groups excluding carboxylic acids is 4. The lowest BCUT2D eigenvalue weighted by atomic mass is 10.1. The Morgan fingerprint density at radius 3 is 2.50 bits per heavy atom. The van der Waals surface area contributed by atoms with Gasteiger partial charge in [0.25, 0.3) is 0 Å². The zero-order valence-corrected chi connectivity index (χ0v) is 17.7. The Kier molecular flexibility index (Phi) is 8.64. The average Bonchev–Trinajstić information content (AvgIpc) is 2.72. The molecule has 164 valence electrons. The first-order valence-electron chi connectivity index (χ1n) is 10.2. The molecule has 1 heterocycles. The van der Waals surface area contributed by atoms with E-state index in [1.165, 1.54) is 4.90 Å². The van der Waals surface area contributed by atoms with Crippen LogP contribution in [-0.2, 0) is 23.9 Å². The number of benzene rings is 1. The van der Waals surface area contributed by atoms with Crippen LogP contribution in [0.1, 0.15) is 33.6 Å². The molecule has 0 saturated carbocycles. The lowest BCUT2D eigenvalue weighted by Crippen LogP contribution is -2.58. The summed E-state index contributed by atoms with van der Waals surface area (Å²) in [4.78, 5) is 50.0. The molecule has 1 saturated heterocycles. The van der Waals surface area contributed by atoms with E-state index in [-0.39, 0.29) is 43.2 Å². The Morgan fingerprint density at radius 1 is 1.20 bits per heavy atom. The summed E-state index contributed by atoms with van der Waals surface area (Å²) in [6.45, 7) is 6.45. The number of hydrogen-bond donors (Lipinski definition) is 3. The highest BCUT2D eigenvalue weighted by molar-refractivity contribution is 5.93. The SMILES string of the molecule is CCCOC(=O)CC1C(=O)NCCN1C(=O)CNc1ccc(NC(=O)C(C)C)cc1. The van der Waals surface area contributed by atoms with E-state index in [0.717, 1.165) is 0 Å². The maximum Gasteiger partial charge on any atom is 0.308 e. The van der Waals surface area contributed by atoms with Crippen molar-refractivity contribution in [1.82, 2.24) is 10.2 Å². The average molecular weight is 418 g/mol. The quantitative estimate of drug-likeness (QED) is 0.522. The highest BCUT2D eigenvalue weighted by Gasteiger charge is 2.34. The Bertz CT molecular complexity index is 763. The van der Waals surface area contributed by atoms with Gasteiger partial charge in [-0.25, -0.2) is 0 Å². The van der Waals surface area contributed by atoms with Gasteiger partial charge in [-0.15, -0.1) is 0 Å². The predicted molar refractivity (Wildman–Crippen MR) is 113 cm³/mol. The molecule has 1 atom stereocenters. The molecule has 2 rings (SSSR count). The van der Waals surface area contributed by atoms with E-state index in [9.17, 15) is 19.2 Å². The van der Waals surface area contributed by atoms with Gasteiger partial charge in [0.15, 0.2) is 0 Å². The van der Waals surface area contributed by atoms with Gasteiger partial charge in [-0.05, 0) is 30.7 Å². The molecule has 9 heteroatoms. The van der Waals surface area contributed by atoms with E-state index in [0.29, 0.717) is 30.9 Å².